The molecule has 1 rings (SSSR count). The number of rotatable bonds is 6. The van der Waals surface area contributed by atoms with Crippen molar-refractivity contribution in [1.29, 1.82) is 0 Å². The minimum absolute atomic E-state index is 0.0423. The van der Waals surface area contributed by atoms with Crippen LogP contribution >= 0.6 is 11.6 Å². The van der Waals surface area contributed by atoms with Crippen LogP contribution in [-0.4, -0.2) is 30.9 Å². The summed E-state index contributed by atoms with van der Waals surface area (Å²) in [7, 11) is 0. The van der Waals surface area contributed by atoms with Gasteiger partial charge in [0.25, 0.3) is 5.69 Å². The van der Waals surface area contributed by atoms with Gasteiger partial charge in [0, 0.05) is 18.3 Å². The monoisotopic (exact) mass is 312 g/mol. The molecule has 0 saturated carbocycles. The second-order valence-corrected chi connectivity index (χ2v) is 4.38. The average Bonchev–Trinajstić information content (AvgIpc) is 2.30. The first-order valence-electron chi connectivity index (χ1n) is 5.53. The lowest BCUT2D eigenvalue weighted by molar-refractivity contribution is -0.384. The number of nitro benzene ring substituents is 1. The minimum atomic E-state index is -4.35. The van der Waals surface area contributed by atoms with E-state index in [1.807, 2.05) is 0 Å². The Morgan fingerprint density at radius 1 is 1.45 bits per heavy atom. The molecule has 0 fully saturated rings. The summed E-state index contributed by atoms with van der Waals surface area (Å²) in [6, 6.07) is 2.65. The van der Waals surface area contributed by atoms with Gasteiger partial charge in [-0.15, -0.1) is 0 Å². The second-order valence-electron chi connectivity index (χ2n) is 3.97. The summed E-state index contributed by atoms with van der Waals surface area (Å²) in [5.74, 6) is 0. The van der Waals surface area contributed by atoms with Crippen molar-refractivity contribution < 1.29 is 22.8 Å². The molecule has 1 aromatic rings. The SMILES string of the molecule is Cc1cc([N+](=O)[O-])c(Cl)cc1NCCOCC(F)(F)F. The molecule has 0 bridgehead atoms. The van der Waals surface area contributed by atoms with E-state index in [0.717, 1.165) is 0 Å². The van der Waals surface area contributed by atoms with Gasteiger partial charge in [-0.25, -0.2) is 0 Å². The average molecular weight is 313 g/mol. The molecule has 0 aliphatic carbocycles. The van der Waals surface area contributed by atoms with E-state index in [1.165, 1.54) is 12.1 Å². The Morgan fingerprint density at radius 2 is 2.10 bits per heavy atom. The highest BCUT2D eigenvalue weighted by Gasteiger charge is 2.27. The first-order chi connectivity index (χ1) is 9.20. The maximum Gasteiger partial charge on any atom is 0.411 e. The highest BCUT2D eigenvalue weighted by atomic mass is 35.5. The Bertz CT molecular complexity index is 495. The van der Waals surface area contributed by atoms with Gasteiger partial charge in [-0.1, -0.05) is 11.6 Å². The molecule has 0 aliphatic heterocycles. The topological polar surface area (TPSA) is 64.4 Å². The summed E-state index contributed by atoms with van der Waals surface area (Å²) in [6.45, 7) is 0.301. The quantitative estimate of drug-likeness (QED) is 0.495. The Hall–Kier alpha value is -1.54. The van der Waals surface area contributed by atoms with Crippen LogP contribution in [0.5, 0.6) is 0 Å². The fraction of sp³-hybridized carbons (Fsp3) is 0.455. The van der Waals surface area contributed by atoms with Gasteiger partial charge >= 0.3 is 6.18 Å². The standard InChI is InChI=1S/C11H12ClF3N2O3/c1-7-4-10(17(18)19)8(12)5-9(7)16-2-3-20-6-11(13,14)15/h4-5,16H,2-3,6H2,1H3. The van der Waals surface area contributed by atoms with Crippen LogP contribution in [0, 0.1) is 17.0 Å². The third kappa shape index (κ3) is 5.22. The molecule has 20 heavy (non-hydrogen) atoms. The van der Waals surface area contributed by atoms with Crippen LogP contribution in [0.3, 0.4) is 0 Å². The number of ether oxygens (including phenoxy) is 1. The van der Waals surface area contributed by atoms with E-state index in [0.29, 0.717) is 11.3 Å². The van der Waals surface area contributed by atoms with Crippen LogP contribution in [0.2, 0.25) is 5.02 Å². The third-order valence-electron chi connectivity index (χ3n) is 2.32. The number of nitro groups is 1. The molecule has 0 amide bonds. The molecular formula is C11H12ClF3N2O3. The number of nitrogens with zero attached hydrogens (tertiary/aromatic N) is 1. The summed E-state index contributed by atoms with van der Waals surface area (Å²) in [6.07, 6.45) is -4.35. The molecule has 0 radical (unpaired) electrons. The number of halogens is 4. The molecule has 0 aliphatic rings. The molecule has 0 aromatic heterocycles. The minimum Gasteiger partial charge on any atom is -0.382 e. The van der Waals surface area contributed by atoms with Crippen molar-refractivity contribution in [2.24, 2.45) is 0 Å². The Kier molecular flexibility index (Phi) is 5.58. The highest BCUT2D eigenvalue weighted by Crippen LogP contribution is 2.30. The van der Waals surface area contributed by atoms with Gasteiger partial charge in [-0.3, -0.25) is 10.1 Å². The fourth-order valence-corrected chi connectivity index (χ4v) is 1.68. The molecule has 1 N–H and O–H groups in total. The van der Waals surface area contributed by atoms with E-state index >= 15 is 0 Å². The zero-order chi connectivity index (χ0) is 15.3. The third-order valence-corrected chi connectivity index (χ3v) is 2.62. The number of benzene rings is 1. The molecule has 0 unspecified atom stereocenters. The van der Waals surface area contributed by atoms with Gasteiger partial charge in [0.15, 0.2) is 0 Å². The summed E-state index contributed by atoms with van der Waals surface area (Å²) in [5.41, 5.74) is 0.858. The van der Waals surface area contributed by atoms with E-state index < -0.39 is 17.7 Å². The van der Waals surface area contributed by atoms with Crippen LogP contribution in [0.25, 0.3) is 0 Å². The summed E-state index contributed by atoms with van der Waals surface area (Å²) >= 11 is 5.73. The molecule has 0 heterocycles. The van der Waals surface area contributed by atoms with Gasteiger partial charge in [-0.05, 0) is 18.6 Å². The zero-order valence-corrected chi connectivity index (χ0v) is 11.2. The summed E-state index contributed by atoms with van der Waals surface area (Å²) < 4.78 is 39.9. The lowest BCUT2D eigenvalue weighted by Crippen LogP contribution is -2.20. The highest BCUT2D eigenvalue weighted by molar-refractivity contribution is 6.33. The molecule has 112 valence electrons. The molecule has 0 spiro atoms. The van der Waals surface area contributed by atoms with Crippen molar-refractivity contribution in [1.82, 2.24) is 0 Å². The molecule has 0 saturated heterocycles. The Labute approximate surface area is 117 Å². The smallest absolute Gasteiger partial charge is 0.382 e. The van der Waals surface area contributed by atoms with E-state index in [-0.39, 0.29) is 23.9 Å². The molecule has 9 heteroatoms. The lowest BCUT2D eigenvalue weighted by atomic mass is 10.2. The molecule has 1 aromatic carbocycles. The predicted molar refractivity (Wildman–Crippen MR) is 68.2 cm³/mol. The molecular weight excluding hydrogens is 301 g/mol. The second kappa shape index (κ2) is 6.76. The van der Waals surface area contributed by atoms with Gasteiger partial charge < -0.3 is 10.1 Å². The number of nitrogens with one attached hydrogen (secondary N) is 1. The predicted octanol–water partition coefficient (Wildman–Crippen LogP) is 3.55. The fourth-order valence-electron chi connectivity index (χ4n) is 1.44. The van der Waals surface area contributed by atoms with Crippen molar-refractivity contribution in [2.45, 2.75) is 13.1 Å². The lowest BCUT2D eigenvalue weighted by Gasteiger charge is -2.11. The van der Waals surface area contributed by atoms with E-state index in [2.05, 4.69) is 10.1 Å². The maximum absolute atomic E-state index is 11.8. The van der Waals surface area contributed by atoms with Crippen LogP contribution in [0.15, 0.2) is 12.1 Å². The number of aryl methyl sites for hydroxylation is 1. The van der Waals surface area contributed by atoms with Gasteiger partial charge in [0.05, 0.1) is 11.5 Å². The van der Waals surface area contributed by atoms with E-state index in [1.54, 1.807) is 6.92 Å². The Morgan fingerprint density at radius 3 is 2.65 bits per heavy atom. The van der Waals surface area contributed by atoms with Gasteiger partial charge in [0.1, 0.15) is 11.6 Å². The van der Waals surface area contributed by atoms with Crippen molar-refractivity contribution in [3.05, 3.63) is 32.8 Å². The van der Waals surface area contributed by atoms with Crippen molar-refractivity contribution in [3.8, 4) is 0 Å². The van der Waals surface area contributed by atoms with Crippen molar-refractivity contribution in [3.63, 3.8) is 0 Å². The number of hydrogen-bond acceptors (Lipinski definition) is 4. The van der Waals surface area contributed by atoms with Crippen LogP contribution in [0.4, 0.5) is 24.5 Å². The largest absolute Gasteiger partial charge is 0.411 e. The van der Waals surface area contributed by atoms with Crippen LogP contribution in [0.1, 0.15) is 5.56 Å². The number of anilines is 1. The number of alkyl halides is 3. The maximum atomic E-state index is 11.8. The van der Waals surface area contributed by atoms with E-state index in [9.17, 15) is 23.3 Å². The van der Waals surface area contributed by atoms with Crippen LogP contribution < -0.4 is 5.32 Å². The first-order valence-corrected chi connectivity index (χ1v) is 5.91. The van der Waals surface area contributed by atoms with Crippen molar-refractivity contribution >= 4 is 23.0 Å². The Balaban J connectivity index is 2.53. The molecule has 5 nitrogen and oxygen atoms in total. The van der Waals surface area contributed by atoms with Crippen LogP contribution in [-0.2, 0) is 4.74 Å². The molecule has 0 atom stereocenters. The zero-order valence-electron chi connectivity index (χ0n) is 10.5. The van der Waals surface area contributed by atoms with Gasteiger partial charge in [-0.2, -0.15) is 13.2 Å². The van der Waals surface area contributed by atoms with Gasteiger partial charge in [0.2, 0.25) is 0 Å². The van der Waals surface area contributed by atoms with E-state index in [4.69, 9.17) is 11.6 Å². The normalized spacial score (nSPS) is 11.4. The summed E-state index contributed by atoms with van der Waals surface area (Å²) in [4.78, 5) is 10.0. The summed E-state index contributed by atoms with van der Waals surface area (Å²) in [5, 5.41) is 13.4. The van der Waals surface area contributed by atoms with Crippen molar-refractivity contribution in [2.75, 3.05) is 25.1 Å². The first kappa shape index (κ1) is 16.5. The number of hydrogen-bond donors (Lipinski definition) is 1.